The third kappa shape index (κ3) is 19.4. The molecular formula is C20H44N2O2. The van der Waals surface area contributed by atoms with Crippen molar-refractivity contribution in [1.29, 1.82) is 0 Å². The van der Waals surface area contributed by atoms with Gasteiger partial charge in [0.1, 0.15) is 0 Å². The Morgan fingerprint density at radius 2 is 1.54 bits per heavy atom. The van der Waals surface area contributed by atoms with E-state index in [1.165, 1.54) is 32.1 Å². The highest BCUT2D eigenvalue weighted by molar-refractivity contribution is 5.67. The summed E-state index contributed by atoms with van der Waals surface area (Å²) in [5, 5.41) is 10.3. The normalized spacial score (nSPS) is 16.5. The van der Waals surface area contributed by atoms with Crippen LogP contribution in [0.25, 0.3) is 0 Å². The van der Waals surface area contributed by atoms with Gasteiger partial charge in [-0.25, -0.2) is 0 Å². The van der Waals surface area contributed by atoms with E-state index in [1.807, 2.05) is 6.92 Å². The number of carbonyl (C=O) groups is 1. The fourth-order valence-corrected chi connectivity index (χ4v) is 2.54. The second-order valence-corrected chi connectivity index (χ2v) is 8.51. The van der Waals surface area contributed by atoms with Crippen LogP contribution in [0.4, 0.5) is 0 Å². The zero-order chi connectivity index (χ0) is 19.2. The van der Waals surface area contributed by atoms with Gasteiger partial charge >= 0.3 is 0 Å². The Morgan fingerprint density at radius 3 is 1.79 bits per heavy atom. The van der Waals surface area contributed by atoms with Gasteiger partial charge in [0.15, 0.2) is 0 Å². The van der Waals surface area contributed by atoms with Crippen molar-refractivity contribution < 1.29 is 14.4 Å². The zero-order valence-corrected chi connectivity index (χ0v) is 17.7. The molecule has 1 aliphatic rings. The second-order valence-electron chi connectivity index (χ2n) is 8.51. The minimum absolute atomic E-state index is 0.222. The molecule has 0 bridgehead atoms. The van der Waals surface area contributed by atoms with Gasteiger partial charge < -0.3 is 19.3 Å². The number of carbonyl (C=O) groups excluding carboxylic acids is 1. The second kappa shape index (κ2) is 14.7. The molecule has 1 saturated carbocycles. The van der Waals surface area contributed by atoms with Crippen LogP contribution in [0, 0.1) is 5.92 Å². The maximum atomic E-state index is 10.3. The molecule has 0 amide bonds. The summed E-state index contributed by atoms with van der Waals surface area (Å²) >= 11 is 0. The van der Waals surface area contributed by atoms with Gasteiger partial charge in [-0.15, -0.1) is 0 Å². The van der Waals surface area contributed by atoms with Crippen LogP contribution in [0.15, 0.2) is 0 Å². The molecule has 0 N–H and O–H groups in total. The highest BCUT2D eigenvalue weighted by Crippen LogP contribution is 2.20. The Kier molecular flexibility index (Phi) is 15.7. The van der Waals surface area contributed by atoms with Crippen LogP contribution in [0.1, 0.15) is 71.6 Å². The smallest absolute Gasteiger partial charge is 0.0675 e. The highest BCUT2D eigenvalue weighted by atomic mass is 16.4. The number of hydrogen-bond donors (Lipinski definition) is 0. The number of hydrogen-bond acceptors (Lipinski definition) is 3. The molecule has 4 nitrogen and oxygen atoms in total. The summed E-state index contributed by atoms with van der Waals surface area (Å²) < 4.78 is 1.00. The lowest BCUT2D eigenvalue weighted by Crippen LogP contribution is -2.30. The first kappa shape index (κ1) is 25.6. The monoisotopic (exact) mass is 344 g/mol. The molecule has 0 radical (unpaired) electrons. The minimum atomic E-state index is -0.893. The van der Waals surface area contributed by atoms with Crippen molar-refractivity contribution in [2.24, 2.45) is 5.92 Å². The summed E-state index contributed by atoms with van der Waals surface area (Å²) in [6.45, 7) is 3.94. The van der Waals surface area contributed by atoms with Gasteiger partial charge in [-0.2, -0.15) is 0 Å². The first-order chi connectivity index (χ1) is 11.0. The van der Waals surface area contributed by atoms with Crippen LogP contribution in [-0.4, -0.2) is 63.7 Å². The lowest BCUT2D eigenvalue weighted by molar-refractivity contribution is -0.849. The van der Waals surface area contributed by atoms with E-state index >= 15 is 0 Å². The van der Waals surface area contributed by atoms with Crippen molar-refractivity contribution in [2.45, 2.75) is 77.7 Å². The van der Waals surface area contributed by atoms with Crippen molar-refractivity contribution in [2.75, 3.05) is 42.3 Å². The van der Waals surface area contributed by atoms with Gasteiger partial charge in [-0.3, -0.25) is 0 Å². The summed E-state index contributed by atoms with van der Waals surface area (Å²) in [5.74, 6) is -1.11. The molecule has 0 spiro atoms. The van der Waals surface area contributed by atoms with E-state index in [0.717, 1.165) is 29.8 Å². The molecule has 0 aliphatic heterocycles. The highest BCUT2D eigenvalue weighted by Gasteiger charge is 2.13. The quantitative estimate of drug-likeness (QED) is 0.695. The average Bonchev–Trinajstić information content (AvgIpc) is 2.47. The summed E-state index contributed by atoms with van der Waals surface area (Å²) in [5.41, 5.74) is 0. The molecule has 1 atom stereocenters. The van der Waals surface area contributed by atoms with Crippen LogP contribution in [0.5, 0.6) is 0 Å². The third-order valence-corrected chi connectivity index (χ3v) is 4.04. The summed E-state index contributed by atoms with van der Waals surface area (Å²) in [6, 6.07) is 0.888. The summed E-state index contributed by atoms with van der Waals surface area (Å²) in [4.78, 5) is 12.7. The number of quaternary nitrogens is 1. The Labute approximate surface area is 151 Å². The number of unbranched alkanes of at least 4 members (excludes halogenated alkanes) is 1. The Morgan fingerprint density at radius 1 is 1.08 bits per heavy atom. The third-order valence-electron chi connectivity index (χ3n) is 4.04. The van der Waals surface area contributed by atoms with E-state index < -0.39 is 5.97 Å². The summed E-state index contributed by atoms with van der Waals surface area (Å²) in [7, 11) is 12.9. The van der Waals surface area contributed by atoms with Gasteiger partial charge in [0.05, 0.1) is 28.2 Å². The topological polar surface area (TPSA) is 43.4 Å². The van der Waals surface area contributed by atoms with E-state index in [2.05, 4.69) is 54.1 Å². The molecule has 0 aromatic heterocycles. The largest absolute Gasteiger partial charge is 0.550 e. The average molecular weight is 345 g/mol. The van der Waals surface area contributed by atoms with E-state index in [0.29, 0.717) is 6.42 Å². The number of aliphatic carboxylic acids is 1. The van der Waals surface area contributed by atoms with E-state index in [9.17, 15) is 9.90 Å². The molecule has 1 unspecified atom stereocenters. The summed E-state index contributed by atoms with van der Waals surface area (Å²) in [6.07, 6.45) is 10.7. The lowest BCUT2D eigenvalue weighted by Gasteiger charge is -2.27. The molecule has 0 aromatic carbocycles. The number of rotatable bonds is 6. The standard InChI is InChI=1S/C8H17N.C8H16O2.C4H12N/c1-9(2)8-6-4-3-5-7-8;1-3-5-6-7(4-2)8(9)10;1-5(2,3)4/h8H,3-7H2,1-2H3;7H,3-6H2,1-2H3,(H,9,10);1-4H3/q;;+1/p-1. The molecule has 1 aliphatic carbocycles. The van der Waals surface area contributed by atoms with Gasteiger partial charge in [-0.1, -0.05) is 46.0 Å². The van der Waals surface area contributed by atoms with E-state index in [1.54, 1.807) is 0 Å². The predicted octanol–water partition coefficient (Wildman–Crippen LogP) is 3.16. The predicted molar refractivity (Wildman–Crippen MR) is 103 cm³/mol. The first-order valence-electron chi connectivity index (χ1n) is 9.69. The van der Waals surface area contributed by atoms with Gasteiger partial charge in [0.25, 0.3) is 0 Å². The number of nitrogens with zero attached hydrogens (tertiary/aromatic N) is 2. The van der Waals surface area contributed by atoms with Gasteiger partial charge in [-0.05, 0) is 45.7 Å². The maximum absolute atomic E-state index is 10.3. The van der Waals surface area contributed by atoms with Crippen LogP contribution in [0.2, 0.25) is 0 Å². The molecule has 1 fully saturated rings. The van der Waals surface area contributed by atoms with Crippen LogP contribution >= 0.6 is 0 Å². The Bertz CT molecular complexity index is 287. The molecule has 0 aromatic rings. The van der Waals surface area contributed by atoms with Gasteiger partial charge in [0, 0.05) is 12.0 Å². The SMILES string of the molecule is CCCCC(CC)C(=O)[O-].CN(C)C1CCCCC1.C[N+](C)(C)C. The van der Waals surface area contributed by atoms with Gasteiger partial charge in [0.2, 0.25) is 0 Å². The molecule has 0 heterocycles. The lowest BCUT2D eigenvalue weighted by atomic mass is 9.95. The molecule has 1 rings (SSSR count). The van der Waals surface area contributed by atoms with E-state index in [-0.39, 0.29) is 5.92 Å². The Hall–Kier alpha value is -0.610. The molecular weight excluding hydrogens is 300 g/mol. The van der Waals surface area contributed by atoms with Crippen LogP contribution in [0.3, 0.4) is 0 Å². The van der Waals surface area contributed by atoms with Crippen LogP contribution < -0.4 is 5.11 Å². The van der Waals surface area contributed by atoms with Crippen molar-refractivity contribution in [3.63, 3.8) is 0 Å². The van der Waals surface area contributed by atoms with Crippen molar-refractivity contribution in [3.05, 3.63) is 0 Å². The van der Waals surface area contributed by atoms with Crippen molar-refractivity contribution >= 4 is 5.97 Å². The van der Waals surface area contributed by atoms with Crippen LogP contribution in [-0.2, 0) is 4.79 Å². The fraction of sp³-hybridized carbons (Fsp3) is 0.950. The molecule has 4 heteroatoms. The maximum Gasteiger partial charge on any atom is 0.0675 e. The fourth-order valence-electron chi connectivity index (χ4n) is 2.54. The van der Waals surface area contributed by atoms with Crippen molar-refractivity contribution in [1.82, 2.24) is 4.90 Å². The molecule has 24 heavy (non-hydrogen) atoms. The number of carboxylic acid groups (broad SMARTS) is 1. The van der Waals surface area contributed by atoms with E-state index in [4.69, 9.17) is 0 Å². The Balaban J connectivity index is 0. The minimum Gasteiger partial charge on any atom is -0.550 e. The first-order valence-corrected chi connectivity index (χ1v) is 9.69. The zero-order valence-electron chi connectivity index (χ0n) is 17.7. The molecule has 146 valence electrons. The number of carboxylic acids is 1. The molecule has 0 saturated heterocycles. The van der Waals surface area contributed by atoms with Crippen molar-refractivity contribution in [3.8, 4) is 0 Å².